The van der Waals surface area contributed by atoms with Gasteiger partial charge in [0.05, 0.1) is 0 Å². The fourth-order valence-corrected chi connectivity index (χ4v) is 2.54. The van der Waals surface area contributed by atoms with E-state index in [2.05, 4.69) is 21.8 Å². The number of nitrogen functional groups attached to an aromatic ring is 1. The molecular formula is C13H21N5. The smallest absolute Gasteiger partial charge is 0.158 e. The van der Waals surface area contributed by atoms with E-state index in [1.54, 1.807) is 12.4 Å². The van der Waals surface area contributed by atoms with Gasteiger partial charge in [0, 0.05) is 25.5 Å². The molecule has 1 unspecified atom stereocenters. The first-order chi connectivity index (χ1) is 8.72. The Morgan fingerprint density at radius 2 is 2.17 bits per heavy atom. The van der Waals surface area contributed by atoms with Crippen molar-refractivity contribution in [3.05, 3.63) is 18.1 Å². The summed E-state index contributed by atoms with van der Waals surface area (Å²) in [6.07, 6.45) is 8.14. The number of rotatable bonds is 3. The maximum atomic E-state index is 7.57. The van der Waals surface area contributed by atoms with Gasteiger partial charge in [0.15, 0.2) is 5.82 Å². The van der Waals surface area contributed by atoms with E-state index in [4.69, 9.17) is 11.1 Å². The minimum absolute atomic E-state index is 0.00520. The predicted molar refractivity (Wildman–Crippen MR) is 72.9 cm³/mol. The molecule has 1 saturated heterocycles. The summed E-state index contributed by atoms with van der Waals surface area (Å²) in [7, 11) is 0. The highest BCUT2D eigenvalue weighted by atomic mass is 15.2. The van der Waals surface area contributed by atoms with Crippen molar-refractivity contribution in [2.45, 2.75) is 32.6 Å². The second-order valence-electron chi connectivity index (χ2n) is 4.83. The molecule has 0 amide bonds. The molecule has 2 heterocycles. The van der Waals surface area contributed by atoms with Crippen molar-refractivity contribution in [2.24, 2.45) is 11.7 Å². The Morgan fingerprint density at radius 1 is 1.39 bits per heavy atom. The van der Waals surface area contributed by atoms with Crippen LogP contribution in [0.3, 0.4) is 0 Å². The maximum absolute atomic E-state index is 7.57. The van der Waals surface area contributed by atoms with Crippen LogP contribution >= 0.6 is 0 Å². The lowest BCUT2D eigenvalue weighted by Gasteiger charge is -2.23. The number of aromatic nitrogens is 2. The highest BCUT2D eigenvalue weighted by molar-refractivity contribution is 5.97. The second-order valence-corrected chi connectivity index (χ2v) is 4.83. The van der Waals surface area contributed by atoms with Gasteiger partial charge in [-0.15, -0.1) is 0 Å². The summed E-state index contributed by atoms with van der Waals surface area (Å²) in [4.78, 5) is 10.7. The first-order valence-corrected chi connectivity index (χ1v) is 6.62. The summed E-state index contributed by atoms with van der Waals surface area (Å²) < 4.78 is 0. The van der Waals surface area contributed by atoms with E-state index in [-0.39, 0.29) is 5.84 Å². The van der Waals surface area contributed by atoms with Crippen LogP contribution in [-0.2, 0) is 0 Å². The molecule has 1 aromatic heterocycles. The molecule has 0 bridgehead atoms. The molecule has 0 radical (unpaired) electrons. The molecule has 3 N–H and O–H groups in total. The summed E-state index contributed by atoms with van der Waals surface area (Å²) >= 11 is 0. The van der Waals surface area contributed by atoms with Crippen LogP contribution in [0.25, 0.3) is 0 Å². The van der Waals surface area contributed by atoms with Crippen LogP contribution < -0.4 is 10.6 Å². The molecule has 1 fully saturated rings. The predicted octanol–water partition coefficient (Wildman–Crippen LogP) is 1.78. The second kappa shape index (κ2) is 5.80. The highest BCUT2D eigenvalue weighted by Gasteiger charge is 2.20. The lowest BCUT2D eigenvalue weighted by Crippen LogP contribution is -2.29. The molecule has 1 atom stereocenters. The number of nitrogens with two attached hydrogens (primary N) is 1. The van der Waals surface area contributed by atoms with Gasteiger partial charge in [-0.3, -0.25) is 5.41 Å². The van der Waals surface area contributed by atoms with Gasteiger partial charge in [0.1, 0.15) is 11.5 Å². The fourth-order valence-electron chi connectivity index (χ4n) is 2.54. The van der Waals surface area contributed by atoms with Gasteiger partial charge in [-0.25, -0.2) is 9.97 Å². The van der Waals surface area contributed by atoms with E-state index in [9.17, 15) is 0 Å². The van der Waals surface area contributed by atoms with E-state index < -0.39 is 0 Å². The summed E-state index contributed by atoms with van der Waals surface area (Å²) in [6, 6.07) is 0. The third-order valence-electron chi connectivity index (χ3n) is 3.66. The number of nitrogens with zero attached hydrogens (tertiary/aromatic N) is 3. The van der Waals surface area contributed by atoms with E-state index in [0.29, 0.717) is 5.69 Å². The van der Waals surface area contributed by atoms with Crippen molar-refractivity contribution in [2.75, 3.05) is 18.0 Å². The van der Waals surface area contributed by atoms with Gasteiger partial charge < -0.3 is 10.6 Å². The van der Waals surface area contributed by atoms with Gasteiger partial charge in [0.25, 0.3) is 0 Å². The largest absolute Gasteiger partial charge is 0.382 e. The first kappa shape index (κ1) is 12.8. The van der Waals surface area contributed by atoms with Crippen LogP contribution in [0.1, 0.15) is 38.3 Å². The van der Waals surface area contributed by atoms with Crippen LogP contribution in [-0.4, -0.2) is 28.9 Å². The zero-order chi connectivity index (χ0) is 13.0. The topological polar surface area (TPSA) is 78.9 Å². The molecule has 0 aromatic carbocycles. The van der Waals surface area contributed by atoms with Gasteiger partial charge in [-0.2, -0.15) is 0 Å². The summed E-state index contributed by atoms with van der Waals surface area (Å²) in [6.45, 7) is 4.22. The zero-order valence-corrected chi connectivity index (χ0v) is 10.9. The average molecular weight is 247 g/mol. The molecule has 0 saturated carbocycles. The lowest BCUT2D eigenvalue weighted by molar-refractivity contribution is 0.459. The van der Waals surface area contributed by atoms with Crippen molar-refractivity contribution in [3.8, 4) is 0 Å². The molecule has 1 aliphatic heterocycles. The Kier molecular flexibility index (Phi) is 4.12. The van der Waals surface area contributed by atoms with E-state index in [1.165, 1.54) is 25.7 Å². The highest BCUT2D eigenvalue weighted by Crippen LogP contribution is 2.24. The quantitative estimate of drug-likeness (QED) is 0.630. The molecule has 5 heteroatoms. The Balaban J connectivity index is 2.18. The molecule has 2 rings (SSSR count). The maximum Gasteiger partial charge on any atom is 0.158 e. The van der Waals surface area contributed by atoms with E-state index >= 15 is 0 Å². The Labute approximate surface area is 108 Å². The van der Waals surface area contributed by atoms with Crippen molar-refractivity contribution < 1.29 is 0 Å². The van der Waals surface area contributed by atoms with Crippen molar-refractivity contribution in [1.82, 2.24) is 9.97 Å². The third-order valence-corrected chi connectivity index (χ3v) is 3.66. The molecule has 1 aromatic rings. The molecule has 0 aliphatic carbocycles. The van der Waals surface area contributed by atoms with E-state index in [1.807, 2.05) is 0 Å². The fraction of sp³-hybridized carbons (Fsp3) is 0.615. The van der Waals surface area contributed by atoms with Gasteiger partial charge >= 0.3 is 0 Å². The Bertz CT molecular complexity index is 418. The van der Waals surface area contributed by atoms with Gasteiger partial charge in [-0.1, -0.05) is 13.3 Å². The SMILES string of the molecule is CCC1CCCN(c2nccnc2C(=N)N)CC1. The van der Waals surface area contributed by atoms with Gasteiger partial charge in [-0.05, 0) is 25.2 Å². The first-order valence-electron chi connectivity index (χ1n) is 6.62. The van der Waals surface area contributed by atoms with Crippen LogP contribution in [0, 0.1) is 11.3 Å². The molecular weight excluding hydrogens is 226 g/mol. The summed E-state index contributed by atoms with van der Waals surface area (Å²) in [5.41, 5.74) is 6.07. The normalized spacial score (nSPS) is 20.5. The molecule has 98 valence electrons. The van der Waals surface area contributed by atoms with Crippen LogP contribution in [0.15, 0.2) is 12.4 Å². The monoisotopic (exact) mass is 247 g/mol. The van der Waals surface area contributed by atoms with Crippen molar-refractivity contribution >= 4 is 11.7 Å². The summed E-state index contributed by atoms with van der Waals surface area (Å²) in [5.74, 6) is 1.57. The van der Waals surface area contributed by atoms with Crippen molar-refractivity contribution in [3.63, 3.8) is 0 Å². The number of hydrogen-bond acceptors (Lipinski definition) is 4. The van der Waals surface area contributed by atoms with Crippen LogP contribution in [0.5, 0.6) is 0 Å². The summed E-state index contributed by atoms with van der Waals surface area (Å²) in [5, 5.41) is 7.57. The van der Waals surface area contributed by atoms with E-state index in [0.717, 1.165) is 24.8 Å². The third kappa shape index (κ3) is 2.78. The molecule has 1 aliphatic rings. The number of amidine groups is 1. The van der Waals surface area contributed by atoms with Crippen LogP contribution in [0.2, 0.25) is 0 Å². The number of hydrogen-bond donors (Lipinski definition) is 2. The molecule has 0 spiro atoms. The number of anilines is 1. The molecule has 18 heavy (non-hydrogen) atoms. The van der Waals surface area contributed by atoms with Crippen LogP contribution in [0.4, 0.5) is 5.82 Å². The zero-order valence-electron chi connectivity index (χ0n) is 10.9. The number of nitrogens with one attached hydrogen (secondary N) is 1. The minimum Gasteiger partial charge on any atom is -0.382 e. The average Bonchev–Trinajstić information content (AvgIpc) is 2.63. The minimum atomic E-state index is -0.00520. The Hall–Kier alpha value is -1.65. The van der Waals surface area contributed by atoms with Crippen molar-refractivity contribution in [1.29, 1.82) is 5.41 Å². The molecule has 5 nitrogen and oxygen atoms in total. The standard InChI is InChI=1S/C13H21N5/c1-2-10-4-3-8-18(9-5-10)13-11(12(14)15)16-6-7-17-13/h6-7,10H,2-5,8-9H2,1H3,(H3,14,15). The van der Waals surface area contributed by atoms with Gasteiger partial charge in [0.2, 0.25) is 0 Å². The Morgan fingerprint density at radius 3 is 2.89 bits per heavy atom. The lowest BCUT2D eigenvalue weighted by atomic mass is 9.98.